The Bertz CT molecular complexity index is 1080. The Labute approximate surface area is 187 Å². The third-order valence-electron chi connectivity index (χ3n) is 5.75. The summed E-state index contributed by atoms with van der Waals surface area (Å²) < 4.78 is 16.1. The fraction of sp³-hybridized carbons (Fsp3) is 0.375. The quantitative estimate of drug-likeness (QED) is 0.600. The predicted octanol–water partition coefficient (Wildman–Crippen LogP) is 3.91. The number of nitrogens with one attached hydrogen (secondary N) is 1. The molecule has 8 heteroatoms. The first-order chi connectivity index (χ1) is 15.6. The fourth-order valence-electron chi connectivity index (χ4n) is 3.96. The maximum absolute atomic E-state index is 12.8. The summed E-state index contributed by atoms with van der Waals surface area (Å²) in [5.41, 5.74) is 2.71. The van der Waals surface area contributed by atoms with Crippen molar-refractivity contribution in [2.24, 2.45) is 5.92 Å². The molecule has 2 heterocycles. The molecule has 1 amide bonds. The first-order valence-corrected chi connectivity index (χ1v) is 10.7. The molecular weight excluding hydrogens is 408 g/mol. The molecule has 168 valence electrons. The van der Waals surface area contributed by atoms with E-state index in [4.69, 9.17) is 14.0 Å². The molecule has 32 heavy (non-hydrogen) atoms. The van der Waals surface area contributed by atoms with Crippen molar-refractivity contribution in [3.63, 3.8) is 0 Å². The Morgan fingerprint density at radius 1 is 1.19 bits per heavy atom. The van der Waals surface area contributed by atoms with Gasteiger partial charge in [0.1, 0.15) is 0 Å². The zero-order chi connectivity index (χ0) is 22.5. The van der Waals surface area contributed by atoms with Crippen LogP contribution in [-0.2, 0) is 11.3 Å². The highest BCUT2D eigenvalue weighted by atomic mass is 16.5. The molecule has 1 aromatic heterocycles. The average molecular weight is 437 g/mol. The lowest BCUT2D eigenvalue weighted by atomic mass is 9.97. The monoisotopic (exact) mass is 436 g/mol. The molecule has 0 aliphatic carbocycles. The van der Waals surface area contributed by atoms with Gasteiger partial charge in [-0.05, 0) is 56.1 Å². The van der Waals surface area contributed by atoms with Crippen LogP contribution >= 0.6 is 0 Å². The molecule has 0 bridgehead atoms. The molecule has 4 rings (SSSR count). The van der Waals surface area contributed by atoms with E-state index in [0.29, 0.717) is 36.3 Å². The van der Waals surface area contributed by atoms with Crippen molar-refractivity contribution in [2.45, 2.75) is 26.3 Å². The SMILES string of the molecule is COc1ccc(-c2noc(CN3CCCC(C(=O)Nc4ccccc4C)C3)n2)cc1OC. The Morgan fingerprint density at radius 2 is 2.00 bits per heavy atom. The zero-order valence-electron chi connectivity index (χ0n) is 18.6. The number of carbonyl (C=O) groups excluding carboxylic acids is 1. The first-order valence-electron chi connectivity index (χ1n) is 10.7. The molecule has 0 radical (unpaired) electrons. The molecule has 1 aliphatic heterocycles. The van der Waals surface area contributed by atoms with Crippen molar-refractivity contribution in [3.05, 3.63) is 53.9 Å². The number of benzene rings is 2. The van der Waals surface area contributed by atoms with Gasteiger partial charge in [0.15, 0.2) is 11.5 Å². The molecule has 8 nitrogen and oxygen atoms in total. The van der Waals surface area contributed by atoms with E-state index in [1.807, 2.05) is 49.4 Å². The van der Waals surface area contributed by atoms with Crippen LogP contribution in [0.5, 0.6) is 11.5 Å². The van der Waals surface area contributed by atoms with Crippen molar-refractivity contribution >= 4 is 11.6 Å². The molecule has 1 unspecified atom stereocenters. The van der Waals surface area contributed by atoms with Crippen LogP contribution in [-0.4, -0.2) is 48.3 Å². The summed E-state index contributed by atoms with van der Waals surface area (Å²) in [5, 5.41) is 7.19. The molecule has 3 aromatic rings. The van der Waals surface area contributed by atoms with Gasteiger partial charge in [0.2, 0.25) is 17.6 Å². The molecule has 1 N–H and O–H groups in total. The highest BCUT2D eigenvalue weighted by Crippen LogP contribution is 2.31. The Morgan fingerprint density at radius 3 is 2.78 bits per heavy atom. The van der Waals surface area contributed by atoms with Crippen molar-refractivity contribution in [1.82, 2.24) is 15.0 Å². The van der Waals surface area contributed by atoms with E-state index in [0.717, 1.165) is 36.2 Å². The second kappa shape index (κ2) is 9.82. The van der Waals surface area contributed by atoms with Crippen LogP contribution in [0, 0.1) is 12.8 Å². The van der Waals surface area contributed by atoms with Crippen LogP contribution < -0.4 is 14.8 Å². The van der Waals surface area contributed by atoms with Crippen LogP contribution in [0.3, 0.4) is 0 Å². The van der Waals surface area contributed by atoms with Gasteiger partial charge < -0.3 is 19.3 Å². The number of carbonyl (C=O) groups is 1. The van der Waals surface area contributed by atoms with Gasteiger partial charge >= 0.3 is 0 Å². The van der Waals surface area contributed by atoms with Crippen LogP contribution in [0.2, 0.25) is 0 Å². The highest BCUT2D eigenvalue weighted by molar-refractivity contribution is 5.93. The second-order valence-corrected chi connectivity index (χ2v) is 7.96. The Kier molecular flexibility index (Phi) is 6.70. The molecular formula is C24H28N4O4. The van der Waals surface area contributed by atoms with Crippen molar-refractivity contribution in [1.29, 1.82) is 0 Å². The van der Waals surface area contributed by atoms with E-state index in [2.05, 4.69) is 20.4 Å². The summed E-state index contributed by atoms with van der Waals surface area (Å²) in [4.78, 5) is 19.5. The average Bonchev–Trinajstić information content (AvgIpc) is 3.28. The van der Waals surface area contributed by atoms with Crippen LogP contribution in [0.4, 0.5) is 5.69 Å². The Balaban J connectivity index is 1.39. The maximum Gasteiger partial charge on any atom is 0.241 e. The smallest absolute Gasteiger partial charge is 0.241 e. The predicted molar refractivity (Wildman–Crippen MR) is 121 cm³/mol. The second-order valence-electron chi connectivity index (χ2n) is 7.96. The summed E-state index contributed by atoms with van der Waals surface area (Å²) in [6.07, 6.45) is 1.82. The number of anilines is 1. The first kappa shape index (κ1) is 21.8. The molecule has 0 spiro atoms. The van der Waals surface area contributed by atoms with Crippen molar-refractivity contribution in [3.8, 4) is 22.9 Å². The number of ether oxygens (including phenoxy) is 2. The third-order valence-corrected chi connectivity index (χ3v) is 5.75. The van der Waals surface area contributed by atoms with Gasteiger partial charge in [0.05, 0.1) is 26.7 Å². The van der Waals surface area contributed by atoms with Gasteiger partial charge in [-0.2, -0.15) is 4.98 Å². The van der Waals surface area contributed by atoms with Crippen molar-refractivity contribution in [2.75, 3.05) is 32.6 Å². The normalized spacial score (nSPS) is 16.5. The Hall–Kier alpha value is -3.39. The lowest BCUT2D eigenvalue weighted by Crippen LogP contribution is -2.40. The van der Waals surface area contributed by atoms with Crippen molar-refractivity contribution < 1.29 is 18.8 Å². The van der Waals surface area contributed by atoms with Gasteiger partial charge in [0.25, 0.3) is 0 Å². The topological polar surface area (TPSA) is 89.7 Å². The minimum absolute atomic E-state index is 0.0561. The number of aryl methyl sites for hydroxylation is 1. The van der Waals surface area contributed by atoms with Gasteiger partial charge in [0, 0.05) is 17.8 Å². The molecule has 1 fully saturated rings. The molecule has 1 atom stereocenters. The molecule has 1 saturated heterocycles. The number of piperidine rings is 1. The molecule has 1 aliphatic rings. The standard InChI is InChI=1S/C24H28N4O4/c1-16-7-4-5-9-19(16)25-24(29)18-8-6-12-28(14-18)15-22-26-23(27-32-22)17-10-11-20(30-2)21(13-17)31-3/h4-5,7,9-11,13,18H,6,8,12,14-15H2,1-3H3,(H,25,29). The lowest BCUT2D eigenvalue weighted by molar-refractivity contribution is -0.121. The highest BCUT2D eigenvalue weighted by Gasteiger charge is 2.27. The third kappa shape index (κ3) is 4.91. The minimum atomic E-state index is -0.0726. The number of likely N-dealkylation sites (tertiary alicyclic amines) is 1. The summed E-state index contributed by atoms with van der Waals surface area (Å²) >= 11 is 0. The number of aromatic nitrogens is 2. The number of rotatable bonds is 7. The van der Waals surface area contributed by atoms with Gasteiger partial charge in [-0.1, -0.05) is 23.4 Å². The van der Waals surface area contributed by atoms with Crippen LogP contribution in [0.1, 0.15) is 24.3 Å². The number of amides is 1. The van der Waals surface area contributed by atoms with Gasteiger partial charge in [-0.25, -0.2) is 0 Å². The van der Waals surface area contributed by atoms with Gasteiger partial charge in [-0.15, -0.1) is 0 Å². The summed E-state index contributed by atoms with van der Waals surface area (Å²) in [6, 6.07) is 13.3. The molecule has 0 saturated carbocycles. The van der Waals surface area contributed by atoms with E-state index in [9.17, 15) is 4.79 Å². The zero-order valence-corrected chi connectivity index (χ0v) is 18.6. The summed E-state index contributed by atoms with van der Waals surface area (Å²) in [7, 11) is 3.18. The summed E-state index contributed by atoms with van der Waals surface area (Å²) in [6.45, 7) is 4.05. The van der Waals surface area contributed by atoms with E-state index >= 15 is 0 Å². The fourth-order valence-corrected chi connectivity index (χ4v) is 3.96. The van der Waals surface area contributed by atoms with E-state index in [1.165, 1.54) is 0 Å². The van der Waals surface area contributed by atoms with E-state index in [-0.39, 0.29) is 11.8 Å². The van der Waals surface area contributed by atoms with E-state index < -0.39 is 0 Å². The largest absolute Gasteiger partial charge is 0.493 e. The summed E-state index contributed by atoms with van der Waals surface area (Å²) in [5.74, 6) is 2.25. The number of methoxy groups -OCH3 is 2. The number of para-hydroxylation sites is 1. The maximum atomic E-state index is 12.8. The minimum Gasteiger partial charge on any atom is -0.493 e. The lowest BCUT2D eigenvalue weighted by Gasteiger charge is -2.31. The number of hydrogen-bond acceptors (Lipinski definition) is 7. The van der Waals surface area contributed by atoms with Crippen LogP contribution in [0.15, 0.2) is 47.0 Å². The number of nitrogens with zero attached hydrogens (tertiary/aromatic N) is 3. The molecule has 2 aromatic carbocycles. The number of hydrogen-bond donors (Lipinski definition) is 1. The van der Waals surface area contributed by atoms with Gasteiger partial charge in [-0.3, -0.25) is 9.69 Å². The van der Waals surface area contributed by atoms with E-state index in [1.54, 1.807) is 14.2 Å². The van der Waals surface area contributed by atoms with Crippen LogP contribution in [0.25, 0.3) is 11.4 Å².